The summed E-state index contributed by atoms with van der Waals surface area (Å²) in [6.45, 7) is 1.19. The minimum absolute atomic E-state index is 0.0617. The van der Waals surface area contributed by atoms with E-state index in [0.717, 1.165) is 27.9 Å². The van der Waals surface area contributed by atoms with Crippen LogP contribution in [-0.2, 0) is 0 Å². The van der Waals surface area contributed by atoms with Crippen molar-refractivity contribution in [1.29, 1.82) is 0 Å². The number of carbonyl (C=O) groups excluding carboxylic acids is 1. The monoisotopic (exact) mass is 390 g/mol. The zero-order valence-corrected chi connectivity index (χ0v) is 15.9. The molecule has 5 rings (SSSR count). The summed E-state index contributed by atoms with van der Waals surface area (Å²) in [5.41, 5.74) is 2.21. The van der Waals surface area contributed by atoms with Crippen LogP contribution in [0.15, 0.2) is 60.0 Å². The average molecular weight is 390 g/mol. The summed E-state index contributed by atoms with van der Waals surface area (Å²) in [4.78, 5) is 20.2. The quantitative estimate of drug-likeness (QED) is 0.572. The highest BCUT2D eigenvalue weighted by Gasteiger charge is 2.30. The number of hydrogen-bond acceptors (Lipinski definition) is 5. The number of H-pyrrole nitrogens is 1. The van der Waals surface area contributed by atoms with Gasteiger partial charge in [-0.3, -0.25) is 9.89 Å². The van der Waals surface area contributed by atoms with Crippen molar-refractivity contribution in [1.82, 2.24) is 20.1 Å². The van der Waals surface area contributed by atoms with Crippen LogP contribution in [0.1, 0.15) is 16.9 Å². The number of aromatic amines is 1. The summed E-state index contributed by atoms with van der Waals surface area (Å²) in [7, 11) is 0. The largest absolute Gasteiger partial charge is 0.472 e. The normalized spacial score (nSPS) is 16.6. The number of thiophene rings is 1. The molecule has 1 aromatic carbocycles. The molecule has 1 aliphatic heterocycles. The van der Waals surface area contributed by atoms with Crippen LogP contribution < -0.4 is 4.74 Å². The predicted molar refractivity (Wildman–Crippen MR) is 109 cm³/mol. The van der Waals surface area contributed by atoms with Gasteiger partial charge in [0.2, 0.25) is 5.88 Å². The molecule has 0 spiro atoms. The van der Waals surface area contributed by atoms with E-state index >= 15 is 0 Å². The molecule has 1 fully saturated rings. The van der Waals surface area contributed by atoms with Crippen LogP contribution in [0.25, 0.3) is 21.5 Å². The van der Waals surface area contributed by atoms with Crippen molar-refractivity contribution in [2.24, 2.45) is 0 Å². The van der Waals surface area contributed by atoms with Gasteiger partial charge < -0.3 is 9.64 Å². The lowest BCUT2D eigenvalue weighted by molar-refractivity contribution is 0.0765. The van der Waals surface area contributed by atoms with Crippen molar-refractivity contribution >= 4 is 28.1 Å². The predicted octanol–water partition coefficient (Wildman–Crippen LogP) is 3.98. The van der Waals surface area contributed by atoms with Crippen LogP contribution in [0.4, 0.5) is 0 Å². The molecule has 3 aromatic heterocycles. The van der Waals surface area contributed by atoms with Crippen molar-refractivity contribution in [3.8, 4) is 16.5 Å². The van der Waals surface area contributed by atoms with E-state index in [2.05, 4.69) is 15.2 Å². The minimum Gasteiger partial charge on any atom is -0.472 e. The van der Waals surface area contributed by atoms with Crippen LogP contribution in [-0.4, -0.2) is 45.2 Å². The number of benzene rings is 1. The summed E-state index contributed by atoms with van der Waals surface area (Å²) < 4.78 is 6.03. The number of pyridine rings is 1. The van der Waals surface area contributed by atoms with Gasteiger partial charge in [0.15, 0.2) is 5.69 Å². The van der Waals surface area contributed by atoms with Gasteiger partial charge >= 0.3 is 0 Å². The first kappa shape index (κ1) is 16.9. The summed E-state index contributed by atoms with van der Waals surface area (Å²) >= 11 is 1.61. The Bertz CT molecular complexity index is 1120. The molecule has 0 saturated carbocycles. The molecule has 0 bridgehead atoms. The molecule has 4 heterocycles. The third-order valence-corrected chi connectivity index (χ3v) is 5.78. The van der Waals surface area contributed by atoms with Crippen LogP contribution in [0.2, 0.25) is 0 Å². The molecule has 0 aliphatic carbocycles. The Kier molecular flexibility index (Phi) is 4.29. The van der Waals surface area contributed by atoms with Crippen molar-refractivity contribution < 1.29 is 9.53 Å². The van der Waals surface area contributed by atoms with E-state index in [0.29, 0.717) is 24.7 Å². The van der Waals surface area contributed by atoms with Crippen LogP contribution in [0.3, 0.4) is 0 Å². The second kappa shape index (κ2) is 7.09. The maximum Gasteiger partial charge on any atom is 0.274 e. The number of amides is 1. The van der Waals surface area contributed by atoms with Gasteiger partial charge in [-0.05, 0) is 29.6 Å². The topological polar surface area (TPSA) is 71.1 Å². The third kappa shape index (κ3) is 3.25. The number of ether oxygens (including phenoxy) is 1. The fraction of sp³-hybridized carbons (Fsp3) is 0.190. The van der Waals surface area contributed by atoms with Gasteiger partial charge in [-0.2, -0.15) is 5.10 Å². The number of fused-ring (bicyclic) bond motifs is 1. The number of likely N-dealkylation sites (tertiary alicyclic amines) is 1. The Morgan fingerprint density at radius 2 is 2.11 bits per heavy atom. The summed E-state index contributed by atoms with van der Waals surface area (Å²) in [6, 6.07) is 17.6. The molecule has 1 amide bonds. The Hall–Kier alpha value is -3.19. The molecular weight excluding hydrogens is 372 g/mol. The zero-order chi connectivity index (χ0) is 18.9. The second-order valence-corrected chi connectivity index (χ2v) is 7.71. The van der Waals surface area contributed by atoms with Gasteiger partial charge in [0.1, 0.15) is 6.10 Å². The van der Waals surface area contributed by atoms with E-state index in [4.69, 9.17) is 4.74 Å². The van der Waals surface area contributed by atoms with Crippen molar-refractivity contribution in [3.05, 3.63) is 65.7 Å². The van der Waals surface area contributed by atoms with Gasteiger partial charge in [0.05, 0.1) is 22.6 Å². The maximum absolute atomic E-state index is 12.8. The van der Waals surface area contributed by atoms with E-state index < -0.39 is 0 Å². The SMILES string of the molecule is O=C(c1cc(-c2cccs2)[nH]n1)N1CCC(Oc2ccc3ccccc3n2)C1. The first-order chi connectivity index (χ1) is 13.8. The van der Waals surface area contributed by atoms with Crippen molar-refractivity contribution in [2.75, 3.05) is 13.1 Å². The summed E-state index contributed by atoms with van der Waals surface area (Å²) in [6.07, 6.45) is 0.718. The van der Waals surface area contributed by atoms with Crippen molar-refractivity contribution in [3.63, 3.8) is 0 Å². The number of carbonyl (C=O) groups is 1. The molecule has 1 aliphatic rings. The number of rotatable bonds is 4. The highest BCUT2D eigenvalue weighted by molar-refractivity contribution is 7.13. The van der Waals surface area contributed by atoms with E-state index in [9.17, 15) is 4.79 Å². The van der Waals surface area contributed by atoms with Crippen LogP contribution in [0, 0.1) is 0 Å². The fourth-order valence-electron chi connectivity index (χ4n) is 3.44. The number of nitrogens with zero attached hydrogens (tertiary/aromatic N) is 3. The molecule has 1 atom stereocenters. The van der Waals surface area contributed by atoms with E-state index in [1.165, 1.54) is 0 Å². The van der Waals surface area contributed by atoms with Gasteiger partial charge in [0, 0.05) is 24.4 Å². The average Bonchev–Trinajstić information content (AvgIpc) is 3.48. The molecule has 0 radical (unpaired) electrons. The summed E-state index contributed by atoms with van der Waals surface area (Å²) in [5, 5.41) is 10.2. The molecular formula is C21H18N4O2S. The first-order valence-corrected chi connectivity index (χ1v) is 10.1. The molecule has 7 heteroatoms. The Balaban J connectivity index is 1.25. The summed E-state index contributed by atoms with van der Waals surface area (Å²) in [5.74, 6) is 0.523. The standard InChI is InChI=1S/C21H18N4O2S/c26-21(18-12-17(23-24-18)19-6-3-11-28-19)25-10-9-15(13-25)27-20-8-7-14-4-1-2-5-16(14)22-20/h1-8,11-12,15H,9-10,13H2,(H,23,24). The zero-order valence-electron chi connectivity index (χ0n) is 15.0. The van der Waals surface area contributed by atoms with Crippen LogP contribution in [0.5, 0.6) is 5.88 Å². The van der Waals surface area contributed by atoms with Gasteiger partial charge in [-0.25, -0.2) is 4.98 Å². The van der Waals surface area contributed by atoms with E-state index in [1.54, 1.807) is 16.2 Å². The van der Waals surface area contributed by atoms with Gasteiger partial charge in [0.25, 0.3) is 5.91 Å². The number of aromatic nitrogens is 3. The highest BCUT2D eigenvalue weighted by atomic mass is 32.1. The van der Waals surface area contributed by atoms with Crippen molar-refractivity contribution in [2.45, 2.75) is 12.5 Å². The maximum atomic E-state index is 12.8. The van der Waals surface area contributed by atoms with Crippen LogP contribution >= 0.6 is 11.3 Å². The van der Waals surface area contributed by atoms with E-state index in [1.807, 2.05) is 60.0 Å². The molecule has 1 unspecified atom stereocenters. The van der Waals surface area contributed by atoms with Gasteiger partial charge in [-0.1, -0.05) is 24.3 Å². The minimum atomic E-state index is -0.0726. The lowest BCUT2D eigenvalue weighted by Gasteiger charge is -2.16. The Morgan fingerprint density at radius 3 is 3.00 bits per heavy atom. The lowest BCUT2D eigenvalue weighted by atomic mass is 10.2. The molecule has 28 heavy (non-hydrogen) atoms. The number of nitrogens with one attached hydrogen (secondary N) is 1. The Labute approximate surface area is 165 Å². The fourth-order valence-corrected chi connectivity index (χ4v) is 4.14. The molecule has 1 saturated heterocycles. The number of para-hydroxylation sites is 1. The van der Waals surface area contributed by atoms with E-state index in [-0.39, 0.29) is 12.0 Å². The second-order valence-electron chi connectivity index (χ2n) is 6.77. The molecule has 1 N–H and O–H groups in total. The molecule has 6 nitrogen and oxygen atoms in total. The third-order valence-electron chi connectivity index (χ3n) is 4.88. The molecule has 4 aromatic rings. The lowest BCUT2D eigenvalue weighted by Crippen LogP contribution is -2.31. The smallest absolute Gasteiger partial charge is 0.274 e. The first-order valence-electron chi connectivity index (χ1n) is 9.17. The number of hydrogen-bond donors (Lipinski definition) is 1. The Morgan fingerprint density at radius 1 is 1.18 bits per heavy atom. The van der Waals surface area contributed by atoms with Gasteiger partial charge in [-0.15, -0.1) is 11.3 Å². The molecule has 140 valence electrons. The highest BCUT2D eigenvalue weighted by Crippen LogP contribution is 2.25.